The van der Waals surface area contributed by atoms with Crippen LogP contribution in [0.5, 0.6) is 0 Å². The van der Waals surface area contributed by atoms with Crippen molar-refractivity contribution in [3.05, 3.63) is 99.3 Å². The van der Waals surface area contributed by atoms with Crippen LogP contribution in [0.15, 0.2) is 60.8 Å². The number of amides is 3. The Hall–Kier alpha value is -4.75. The minimum atomic E-state index is -4.39. The van der Waals surface area contributed by atoms with E-state index < -0.39 is 17.6 Å². The van der Waals surface area contributed by atoms with Crippen LogP contribution in [0.1, 0.15) is 79.6 Å². The third kappa shape index (κ3) is 10.9. The zero-order chi connectivity index (χ0) is 35.7. The summed E-state index contributed by atoms with van der Waals surface area (Å²) in [5, 5.41) is 8.87. The first kappa shape index (κ1) is 37.1. The van der Waals surface area contributed by atoms with Crippen molar-refractivity contribution >= 4 is 52.0 Å². The number of aryl methyl sites for hydroxylation is 2. The number of benzene rings is 2. The molecule has 0 saturated heterocycles. The molecule has 0 radical (unpaired) electrons. The molecule has 0 saturated carbocycles. The molecule has 4 rings (SSSR count). The summed E-state index contributed by atoms with van der Waals surface area (Å²) in [5.41, 5.74) is 2.06. The molecule has 0 aliphatic heterocycles. The Kier molecular flexibility index (Phi) is 12.5. The summed E-state index contributed by atoms with van der Waals surface area (Å²) < 4.78 is 40.0. The lowest BCUT2D eigenvalue weighted by Crippen LogP contribution is -2.28. The highest BCUT2D eigenvalue weighted by atomic mass is 32.1. The van der Waals surface area contributed by atoms with Crippen molar-refractivity contribution in [1.29, 1.82) is 0 Å². The summed E-state index contributed by atoms with van der Waals surface area (Å²) in [5.74, 6) is -0.647. The molecule has 2 aromatic heterocycles. The van der Waals surface area contributed by atoms with Crippen LogP contribution < -0.4 is 16.0 Å². The van der Waals surface area contributed by atoms with E-state index in [2.05, 4.69) is 34.8 Å². The van der Waals surface area contributed by atoms with Crippen LogP contribution >= 0.6 is 11.3 Å². The predicted molar refractivity (Wildman–Crippen MR) is 189 cm³/mol. The van der Waals surface area contributed by atoms with Crippen molar-refractivity contribution in [3.8, 4) is 0 Å². The summed E-state index contributed by atoms with van der Waals surface area (Å²) in [6.07, 6.45) is 3.01. The van der Waals surface area contributed by atoms with Gasteiger partial charge in [0.15, 0.2) is 5.13 Å². The lowest BCUT2D eigenvalue weighted by atomic mass is 10.1. The summed E-state index contributed by atoms with van der Waals surface area (Å²) >= 11 is 1.29. The van der Waals surface area contributed by atoms with Crippen molar-refractivity contribution in [2.75, 3.05) is 37.8 Å². The average molecular weight is 695 g/mol. The highest BCUT2D eigenvalue weighted by Crippen LogP contribution is 2.30. The minimum Gasteiger partial charge on any atom is -0.351 e. The lowest BCUT2D eigenvalue weighted by Gasteiger charge is -2.10. The van der Waals surface area contributed by atoms with Gasteiger partial charge >= 0.3 is 6.18 Å². The van der Waals surface area contributed by atoms with E-state index in [-0.39, 0.29) is 17.5 Å². The maximum atomic E-state index is 13.3. The molecule has 13 heteroatoms. The van der Waals surface area contributed by atoms with E-state index in [1.54, 1.807) is 60.3 Å². The zero-order valence-electron chi connectivity index (χ0n) is 28.1. The van der Waals surface area contributed by atoms with Crippen LogP contribution in [0.25, 0.3) is 12.2 Å². The van der Waals surface area contributed by atoms with Crippen LogP contribution in [0.2, 0.25) is 0 Å². The Labute approximate surface area is 288 Å². The second kappa shape index (κ2) is 16.6. The third-order valence-corrected chi connectivity index (χ3v) is 8.55. The molecule has 3 N–H and O–H groups in total. The van der Waals surface area contributed by atoms with E-state index in [9.17, 15) is 27.6 Å². The fraction of sp³-hybridized carbons (Fsp3) is 0.333. The average Bonchev–Trinajstić information content (AvgIpc) is 3.63. The number of nitrogens with one attached hydrogen (secondary N) is 3. The van der Waals surface area contributed by atoms with E-state index in [0.29, 0.717) is 46.5 Å². The number of hydrogen-bond acceptors (Lipinski definition) is 6. The Morgan fingerprint density at radius 3 is 2.16 bits per heavy atom. The molecule has 4 aromatic rings. The molecule has 0 fully saturated rings. The quantitative estimate of drug-likeness (QED) is 0.0940. The second-order valence-electron chi connectivity index (χ2n) is 12.3. The van der Waals surface area contributed by atoms with Crippen molar-refractivity contribution < 1.29 is 27.6 Å². The summed E-state index contributed by atoms with van der Waals surface area (Å²) in [6, 6.07) is 13.1. The number of carbonyl (C=O) groups is 3. The number of anilines is 2. The van der Waals surface area contributed by atoms with Gasteiger partial charge in [0, 0.05) is 30.2 Å². The Bertz CT molecular complexity index is 1770. The summed E-state index contributed by atoms with van der Waals surface area (Å²) in [4.78, 5) is 46.5. The van der Waals surface area contributed by atoms with Crippen molar-refractivity contribution in [3.63, 3.8) is 0 Å². The number of carbonyl (C=O) groups excluding carboxylic acids is 3. The van der Waals surface area contributed by atoms with Crippen molar-refractivity contribution in [2.45, 2.75) is 39.3 Å². The number of rotatable bonds is 14. The molecule has 2 heterocycles. The fourth-order valence-corrected chi connectivity index (χ4v) is 5.77. The molecule has 0 aliphatic rings. The molecule has 2 aromatic carbocycles. The predicted octanol–water partition coefficient (Wildman–Crippen LogP) is 7.45. The highest BCUT2D eigenvalue weighted by Gasteiger charge is 2.29. The Morgan fingerprint density at radius 1 is 0.939 bits per heavy atom. The van der Waals surface area contributed by atoms with Gasteiger partial charge in [0.2, 0.25) is 0 Å². The molecule has 49 heavy (non-hydrogen) atoms. The van der Waals surface area contributed by atoms with E-state index in [1.165, 1.54) is 23.5 Å². The molecule has 0 spiro atoms. The standard InChI is InChI=1S/C36H41F3N6O3S/c1-23(2)7-18-30-31(34(48)40-19-6-20-44(3)4)42-35(49-30)43-33(47)29-21-28(22-45(29)5)41-32(46)26-14-10-24(11-15-26)8-9-25-12-16-27(17-13-25)36(37,38)39/h8-17,21-23H,6-7,18-20H2,1-5H3,(H,40,48)(H,41,46)(H,42,43,47)/b9-8+. The molecular formula is C36H41F3N6O3S. The maximum absolute atomic E-state index is 13.3. The molecular weight excluding hydrogens is 653 g/mol. The van der Waals surface area contributed by atoms with Gasteiger partial charge in [-0.25, -0.2) is 4.98 Å². The SMILES string of the molecule is CC(C)CCc1sc(NC(=O)c2cc(NC(=O)c3ccc(/C=C/c4ccc(C(F)(F)F)cc4)cc3)cn2C)nc1C(=O)NCCCN(C)C. The van der Waals surface area contributed by atoms with Crippen LogP contribution in [0.4, 0.5) is 24.0 Å². The van der Waals surface area contributed by atoms with Crippen molar-refractivity contribution in [1.82, 2.24) is 19.8 Å². The number of alkyl halides is 3. The van der Waals surface area contributed by atoms with E-state index in [0.717, 1.165) is 42.0 Å². The molecule has 0 bridgehead atoms. The van der Waals surface area contributed by atoms with Gasteiger partial charge in [0.25, 0.3) is 17.7 Å². The van der Waals surface area contributed by atoms with Gasteiger partial charge in [-0.2, -0.15) is 13.2 Å². The largest absolute Gasteiger partial charge is 0.416 e. The maximum Gasteiger partial charge on any atom is 0.416 e. The van der Waals surface area contributed by atoms with Gasteiger partial charge in [-0.15, -0.1) is 11.3 Å². The number of hydrogen-bond donors (Lipinski definition) is 3. The first-order chi connectivity index (χ1) is 23.2. The molecule has 0 aliphatic carbocycles. The summed E-state index contributed by atoms with van der Waals surface area (Å²) in [7, 11) is 5.64. The van der Waals surface area contributed by atoms with Crippen LogP contribution in [-0.4, -0.2) is 59.4 Å². The van der Waals surface area contributed by atoms with Gasteiger partial charge in [0.1, 0.15) is 11.4 Å². The van der Waals surface area contributed by atoms with E-state index >= 15 is 0 Å². The van der Waals surface area contributed by atoms with Gasteiger partial charge in [-0.1, -0.05) is 50.3 Å². The topological polar surface area (TPSA) is 108 Å². The van der Waals surface area contributed by atoms with Crippen LogP contribution in [0, 0.1) is 5.92 Å². The van der Waals surface area contributed by atoms with E-state index in [1.807, 2.05) is 19.0 Å². The van der Waals surface area contributed by atoms with Crippen molar-refractivity contribution in [2.24, 2.45) is 13.0 Å². The van der Waals surface area contributed by atoms with Crippen LogP contribution in [-0.2, 0) is 19.6 Å². The second-order valence-corrected chi connectivity index (χ2v) is 13.4. The highest BCUT2D eigenvalue weighted by molar-refractivity contribution is 7.16. The number of aromatic nitrogens is 2. The third-order valence-electron chi connectivity index (χ3n) is 7.52. The molecule has 3 amide bonds. The smallest absolute Gasteiger partial charge is 0.351 e. The van der Waals surface area contributed by atoms with Gasteiger partial charge < -0.3 is 20.1 Å². The zero-order valence-corrected chi connectivity index (χ0v) is 29.0. The first-order valence-corrected chi connectivity index (χ1v) is 16.7. The lowest BCUT2D eigenvalue weighted by molar-refractivity contribution is -0.137. The van der Waals surface area contributed by atoms with Gasteiger partial charge in [-0.3, -0.25) is 19.7 Å². The monoisotopic (exact) mass is 694 g/mol. The van der Waals surface area contributed by atoms with Gasteiger partial charge in [-0.05, 0) is 87.3 Å². The fourth-order valence-electron chi connectivity index (χ4n) is 4.80. The Balaban J connectivity index is 1.38. The van der Waals surface area contributed by atoms with Crippen LogP contribution in [0.3, 0.4) is 0 Å². The normalized spacial score (nSPS) is 11.8. The molecule has 0 unspecified atom stereocenters. The Morgan fingerprint density at radius 2 is 1.57 bits per heavy atom. The molecule has 0 atom stereocenters. The van der Waals surface area contributed by atoms with E-state index in [4.69, 9.17) is 0 Å². The number of nitrogens with zero attached hydrogens (tertiary/aromatic N) is 3. The number of halogens is 3. The first-order valence-electron chi connectivity index (χ1n) is 15.9. The minimum absolute atomic E-state index is 0.263. The number of thiazole rings is 1. The molecule has 260 valence electrons. The van der Waals surface area contributed by atoms with Gasteiger partial charge in [0.05, 0.1) is 11.3 Å². The molecule has 9 nitrogen and oxygen atoms in total. The summed E-state index contributed by atoms with van der Waals surface area (Å²) in [6.45, 7) is 5.59.